The second kappa shape index (κ2) is 20.5. The molecule has 0 saturated heterocycles. The number of aromatic nitrogens is 2. The van der Waals surface area contributed by atoms with E-state index in [1.54, 1.807) is 12.3 Å². The van der Waals surface area contributed by atoms with Crippen molar-refractivity contribution in [2.75, 3.05) is 13.1 Å². The Kier molecular flexibility index (Phi) is 15.8. The third kappa shape index (κ3) is 12.9. The lowest BCUT2D eigenvalue weighted by atomic mass is 10.0. The van der Waals surface area contributed by atoms with Crippen LogP contribution in [0.15, 0.2) is 123 Å². The van der Waals surface area contributed by atoms with Crippen molar-refractivity contribution in [3.63, 3.8) is 0 Å². The van der Waals surface area contributed by atoms with E-state index in [0.717, 1.165) is 35.5 Å². The van der Waals surface area contributed by atoms with Gasteiger partial charge in [-0.2, -0.15) is 5.26 Å². The molecule has 2 aromatic heterocycles. The van der Waals surface area contributed by atoms with Crippen LogP contribution in [0, 0.1) is 18.3 Å². The van der Waals surface area contributed by atoms with Crippen molar-refractivity contribution in [2.24, 2.45) is 0 Å². The zero-order valence-corrected chi connectivity index (χ0v) is 24.6. The summed E-state index contributed by atoms with van der Waals surface area (Å²) in [5, 5.41) is 15.7. The largest absolute Gasteiger partial charge is 0.467 e. The molecule has 44 heavy (non-hydrogen) atoms. The van der Waals surface area contributed by atoms with E-state index in [-0.39, 0.29) is 18.4 Å². The van der Waals surface area contributed by atoms with Gasteiger partial charge in [-0.15, -0.1) is 0 Å². The summed E-state index contributed by atoms with van der Waals surface area (Å²) in [4.78, 5) is 19.5. The molecule has 1 amide bonds. The number of rotatable bonds is 10. The van der Waals surface area contributed by atoms with Crippen LogP contribution >= 0.6 is 0 Å². The minimum atomic E-state index is -0.0286. The van der Waals surface area contributed by atoms with Gasteiger partial charge < -0.3 is 19.8 Å². The average molecular weight is 580 g/mol. The fourth-order valence-corrected chi connectivity index (χ4v) is 3.35. The molecule has 1 aromatic carbocycles. The molecule has 3 aromatic rings. The van der Waals surface area contributed by atoms with Gasteiger partial charge in [-0.3, -0.25) is 4.79 Å². The zero-order chi connectivity index (χ0) is 31.8. The molecule has 0 aliphatic carbocycles. The van der Waals surface area contributed by atoms with Gasteiger partial charge in [0.25, 0.3) is 0 Å². The van der Waals surface area contributed by atoms with Crippen LogP contribution in [0.2, 0.25) is 0 Å². The number of aryl methyl sites for hydroxylation is 1. The van der Waals surface area contributed by atoms with Gasteiger partial charge in [0, 0.05) is 25.2 Å². The molecule has 0 aliphatic heterocycles. The smallest absolute Gasteiger partial charge is 0.232 e. The third-order valence-corrected chi connectivity index (χ3v) is 5.25. The zero-order valence-electron chi connectivity index (χ0n) is 24.6. The van der Waals surface area contributed by atoms with E-state index in [4.69, 9.17) is 9.15 Å². The molecule has 8 heteroatoms. The lowest BCUT2D eigenvalue weighted by Gasteiger charge is -2.09. The van der Waals surface area contributed by atoms with Crippen molar-refractivity contribution >= 4 is 5.91 Å². The first-order chi connectivity index (χ1) is 21.5. The molecule has 0 atom stereocenters. The minimum absolute atomic E-state index is 0.0286. The number of carbonyl (C=O) groups excluding carboxylic acids is 1. The van der Waals surface area contributed by atoms with Gasteiger partial charge in [0.2, 0.25) is 17.7 Å². The number of oxazole rings is 1. The van der Waals surface area contributed by atoms with Gasteiger partial charge in [-0.25, -0.2) is 9.97 Å². The SMILES string of the molecule is C=C=C=C=C=C=C=C=C=C=C=C=C.CC(=O)NCCCNCc1oc(COc2nccc(-c3ccccc3)c2C#N)nc1C. The molecule has 0 unspecified atom stereocenters. The van der Waals surface area contributed by atoms with Crippen LogP contribution in [0.25, 0.3) is 11.1 Å². The highest BCUT2D eigenvalue weighted by atomic mass is 16.5. The van der Waals surface area contributed by atoms with Crippen LogP contribution in [-0.2, 0) is 17.9 Å². The Bertz CT molecular complexity index is 1850. The average Bonchev–Trinajstić information content (AvgIpc) is 3.40. The van der Waals surface area contributed by atoms with Crippen molar-refractivity contribution in [1.82, 2.24) is 20.6 Å². The second-order valence-electron chi connectivity index (χ2n) is 8.41. The minimum Gasteiger partial charge on any atom is -0.467 e. The van der Waals surface area contributed by atoms with Crippen LogP contribution in [0.5, 0.6) is 5.88 Å². The van der Waals surface area contributed by atoms with E-state index in [0.29, 0.717) is 24.5 Å². The summed E-state index contributed by atoms with van der Waals surface area (Å²) in [5.74, 6) is 1.37. The first-order valence-corrected chi connectivity index (χ1v) is 13.3. The highest BCUT2D eigenvalue weighted by Gasteiger charge is 2.15. The summed E-state index contributed by atoms with van der Waals surface area (Å²) in [6.07, 6.45) is 2.44. The monoisotopic (exact) mass is 579 g/mol. The van der Waals surface area contributed by atoms with Crippen molar-refractivity contribution in [3.05, 3.63) is 142 Å². The summed E-state index contributed by atoms with van der Waals surface area (Å²) in [7, 11) is 0. The van der Waals surface area contributed by atoms with Gasteiger partial charge >= 0.3 is 0 Å². The Morgan fingerprint density at radius 2 is 1.59 bits per heavy atom. The fourth-order valence-electron chi connectivity index (χ4n) is 3.35. The summed E-state index contributed by atoms with van der Waals surface area (Å²) in [6, 6.07) is 13.6. The normalized spacial score (nSPS) is 8.48. The lowest BCUT2D eigenvalue weighted by Crippen LogP contribution is -2.25. The molecule has 2 N–H and O–H groups in total. The summed E-state index contributed by atoms with van der Waals surface area (Å²) < 4.78 is 11.6. The number of hydrogen-bond acceptors (Lipinski definition) is 7. The van der Waals surface area contributed by atoms with Gasteiger partial charge in [0.05, 0.1) is 12.2 Å². The third-order valence-electron chi connectivity index (χ3n) is 5.25. The highest BCUT2D eigenvalue weighted by molar-refractivity contribution is 5.73. The van der Waals surface area contributed by atoms with E-state index in [1.165, 1.54) is 6.92 Å². The van der Waals surface area contributed by atoms with Crippen molar-refractivity contribution in [2.45, 2.75) is 33.4 Å². The van der Waals surface area contributed by atoms with E-state index in [9.17, 15) is 10.1 Å². The number of nitriles is 1. The lowest BCUT2D eigenvalue weighted by molar-refractivity contribution is -0.118. The van der Waals surface area contributed by atoms with Crippen molar-refractivity contribution < 1.29 is 13.9 Å². The van der Waals surface area contributed by atoms with Gasteiger partial charge in [-0.05, 0) is 96.3 Å². The highest BCUT2D eigenvalue weighted by Crippen LogP contribution is 2.28. The summed E-state index contributed by atoms with van der Waals surface area (Å²) in [6.45, 7) is 11.9. The molecule has 3 rings (SSSR count). The van der Waals surface area contributed by atoms with Gasteiger partial charge in [0.1, 0.15) is 17.4 Å². The molecular weight excluding hydrogens is 550 g/mol. The standard InChI is InChI=1S/C23H25N5O3.C13H4/c1-16-21(14-25-10-6-11-26-17(2)29)31-22(28-16)15-30-23-20(13-24)19(9-12-27-23)18-7-4-3-5-8-18;1-3-5-7-9-11-13-12-10-8-6-4-2/h3-5,7-9,12,25H,6,10-11,14-15H2,1-2H3,(H,26,29);1-2H2. The topological polar surface area (TPSA) is 113 Å². The number of pyridine rings is 1. The Labute approximate surface area is 256 Å². The quantitative estimate of drug-likeness (QED) is 0.237. The Morgan fingerprint density at radius 1 is 0.955 bits per heavy atom. The number of hydrogen-bond donors (Lipinski definition) is 2. The molecule has 216 valence electrons. The second-order valence-corrected chi connectivity index (χ2v) is 8.41. The predicted octanol–water partition coefficient (Wildman–Crippen LogP) is 5.62. The molecule has 8 nitrogen and oxygen atoms in total. The fraction of sp³-hybridized carbons (Fsp3) is 0.194. The maximum absolute atomic E-state index is 10.9. The summed E-state index contributed by atoms with van der Waals surface area (Å²) in [5.41, 5.74) is 29.8. The first kappa shape index (κ1) is 33.8. The van der Waals surface area contributed by atoms with E-state index in [2.05, 4.69) is 103 Å². The molecular formula is C36H29N5O3. The Hall–Kier alpha value is -6.38. The number of ether oxygens (including phenoxy) is 1. The van der Waals surface area contributed by atoms with Crippen LogP contribution in [0.3, 0.4) is 0 Å². The van der Waals surface area contributed by atoms with Gasteiger partial charge in [0.15, 0.2) is 6.61 Å². The summed E-state index contributed by atoms with van der Waals surface area (Å²) >= 11 is 0. The predicted molar refractivity (Wildman–Crippen MR) is 165 cm³/mol. The number of benzene rings is 1. The number of nitrogens with zero attached hydrogens (tertiary/aromatic N) is 3. The van der Waals surface area contributed by atoms with Crippen LogP contribution in [0.4, 0.5) is 0 Å². The number of amides is 1. The van der Waals surface area contributed by atoms with E-state index >= 15 is 0 Å². The number of nitrogens with one attached hydrogen (secondary N) is 2. The maximum Gasteiger partial charge on any atom is 0.232 e. The molecule has 0 bridgehead atoms. The molecule has 0 aliphatic rings. The Morgan fingerprint density at radius 3 is 2.18 bits per heavy atom. The number of carbonyl (C=O) groups is 1. The maximum atomic E-state index is 10.9. The molecule has 2 heterocycles. The van der Waals surface area contributed by atoms with Crippen LogP contribution < -0.4 is 15.4 Å². The molecule has 0 saturated carbocycles. The van der Waals surface area contributed by atoms with E-state index < -0.39 is 0 Å². The Balaban J connectivity index is 0.000000439. The van der Waals surface area contributed by atoms with Crippen molar-refractivity contribution in [1.29, 1.82) is 5.26 Å². The van der Waals surface area contributed by atoms with Crippen molar-refractivity contribution in [3.8, 4) is 23.1 Å². The van der Waals surface area contributed by atoms with E-state index in [1.807, 2.05) is 37.3 Å². The molecule has 0 radical (unpaired) electrons. The molecule has 0 fully saturated rings. The first-order valence-electron chi connectivity index (χ1n) is 13.3. The molecule has 0 spiro atoms. The van der Waals surface area contributed by atoms with Crippen LogP contribution in [0.1, 0.15) is 36.3 Å². The van der Waals surface area contributed by atoms with Crippen LogP contribution in [-0.4, -0.2) is 29.0 Å². The van der Waals surface area contributed by atoms with Gasteiger partial charge in [-0.1, -0.05) is 41.8 Å².